The van der Waals surface area contributed by atoms with Gasteiger partial charge in [0, 0.05) is 5.56 Å². The Morgan fingerprint density at radius 3 is 2.31 bits per heavy atom. The molecule has 4 aromatic rings. The van der Waals surface area contributed by atoms with Crippen LogP contribution in [0.4, 0.5) is 8.78 Å². The van der Waals surface area contributed by atoms with Crippen LogP contribution in [0.2, 0.25) is 0 Å². The monoisotopic (exact) mass is 478 g/mol. The maximum atomic E-state index is 13.9. The van der Waals surface area contributed by atoms with Crippen molar-refractivity contribution in [2.75, 3.05) is 7.11 Å². The molecule has 1 N–H and O–H groups in total. The summed E-state index contributed by atoms with van der Waals surface area (Å²) in [5.74, 6) is 0.667. The number of hydrogen-bond acceptors (Lipinski definition) is 4. The summed E-state index contributed by atoms with van der Waals surface area (Å²) in [5, 5.41) is 6.98. The third-order valence-corrected chi connectivity index (χ3v) is 6.32. The maximum Gasteiger partial charge on any atom is 0.280 e. The minimum atomic E-state index is -2.80. The molecule has 0 saturated heterocycles. The predicted molar refractivity (Wildman–Crippen MR) is 131 cm³/mol. The molecule has 0 aliphatic heterocycles. The highest BCUT2D eigenvalue weighted by atomic mass is 19.3. The summed E-state index contributed by atoms with van der Waals surface area (Å²) in [7, 11) is 1.55. The molecule has 2 atom stereocenters. The van der Waals surface area contributed by atoms with Gasteiger partial charge in [-0.2, -0.15) is 5.10 Å². The van der Waals surface area contributed by atoms with Crippen LogP contribution in [0.25, 0.3) is 16.9 Å². The number of ether oxygens (including phenoxy) is 1. The Balaban J connectivity index is 1.65. The Bertz CT molecular complexity index is 1320. The molecule has 1 amide bonds. The smallest absolute Gasteiger partial charge is 0.280 e. The first-order valence-corrected chi connectivity index (χ1v) is 11.5. The number of alkyl halides is 2. The Labute approximate surface area is 203 Å². The summed E-state index contributed by atoms with van der Waals surface area (Å²) >= 11 is 0. The van der Waals surface area contributed by atoms with Crippen molar-refractivity contribution in [2.45, 2.75) is 45.6 Å². The van der Waals surface area contributed by atoms with Crippen LogP contribution in [-0.4, -0.2) is 27.6 Å². The first-order chi connectivity index (χ1) is 16.8. The Kier molecular flexibility index (Phi) is 7.10. The number of carbonyl (C=O) groups is 1. The van der Waals surface area contributed by atoms with Crippen molar-refractivity contribution in [3.8, 4) is 17.0 Å². The van der Waals surface area contributed by atoms with E-state index in [-0.39, 0.29) is 22.9 Å². The van der Waals surface area contributed by atoms with E-state index in [1.165, 1.54) is 17.8 Å². The molecule has 2 aromatic heterocycles. The number of fused-ring (bicyclic) bond motifs is 1. The first-order valence-electron chi connectivity index (χ1n) is 11.5. The number of halogens is 2. The zero-order valence-corrected chi connectivity index (χ0v) is 20.1. The van der Waals surface area contributed by atoms with Gasteiger partial charge in [-0.05, 0) is 60.7 Å². The van der Waals surface area contributed by atoms with Crippen molar-refractivity contribution in [2.24, 2.45) is 0 Å². The Hall–Kier alpha value is -3.81. The number of carbonyl (C=O) groups excluding carboxylic acids is 1. The third-order valence-electron chi connectivity index (χ3n) is 6.32. The van der Waals surface area contributed by atoms with E-state index >= 15 is 0 Å². The van der Waals surface area contributed by atoms with Crippen LogP contribution >= 0.6 is 0 Å². The average molecular weight is 479 g/mol. The number of methoxy groups -OCH3 is 1. The highest BCUT2D eigenvalue weighted by Gasteiger charge is 2.22. The number of rotatable bonds is 8. The second kappa shape index (κ2) is 10.2. The van der Waals surface area contributed by atoms with Gasteiger partial charge in [0.1, 0.15) is 17.0 Å². The summed E-state index contributed by atoms with van der Waals surface area (Å²) in [5.41, 5.74) is 3.00. The second-order valence-corrected chi connectivity index (χ2v) is 8.56. The fraction of sp³-hybridized carbons (Fsp3) is 0.296. The molecule has 182 valence electrons. The molecule has 2 aromatic carbocycles. The molecular formula is C27H28F2N4O2. The quantitative estimate of drug-likeness (QED) is 0.321. The minimum absolute atomic E-state index is 0.0745. The third kappa shape index (κ3) is 5.01. The van der Waals surface area contributed by atoms with E-state index in [9.17, 15) is 13.6 Å². The van der Waals surface area contributed by atoms with Crippen molar-refractivity contribution in [1.82, 2.24) is 19.9 Å². The van der Waals surface area contributed by atoms with Crippen LogP contribution in [0.1, 0.15) is 72.8 Å². The van der Waals surface area contributed by atoms with Gasteiger partial charge in [-0.15, -0.1) is 0 Å². The summed E-state index contributed by atoms with van der Waals surface area (Å²) in [6.07, 6.45) is -0.469. The standard InChI is InChI=1S/C27H28F2N4O2/c1-5-16(2)18-6-8-19(9-7-18)17(3)31-27(34)22-15-30-33-24(25(28)29)14-23(32-26(22)33)20-10-12-21(35-4)13-11-20/h6-17,25H,5H2,1-4H3,(H,31,34). The molecule has 0 aliphatic carbocycles. The molecule has 0 aliphatic rings. The highest BCUT2D eigenvalue weighted by molar-refractivity contribution is 6.00. The van der Waals surface area contributed by atoms with Gasteiger partial charge in [0.25, 0.3) is 12.3 Å². The van der Waals surface area contributed by atoms with Gasteiger partial charge >= 0.3 is 0 Å². The number of nitrogens with one attached hydrogen (secondary N) is 1. The van der Waals surface area contributed by atoms with Crippen LogP contribution in [0, 0.1) is 0 Å². The zero-order valence-electron chi connectivity index (χ0n) is 20.1. The molecule has 0 saturated carbocycles. The summed E-state index contributed by atoms with van der Waals surface area (Å²) in [6.45, 7) is 6.19. The zero-order chi connectivity index (χ0) is 25.1. The van der Waals surface area contributed by atoms with E-state index in [1.54, 1.807) is 31.4 Å². The number of benzene rings is 2. The summed E-state index contributed by atoms with van der Waals surface area (Å²) in [6, 6.07) is 16.0. The second-order valence-electron chi connectivity index (χ2n) is 8.56. The first kappa shape index (κ1) is 24.3. The van der Waals surface area contributed by atoms with Gasteiger partial charge in [0.2, 0.25) is 0 Å². The SMILES string of the molecule is CCC(C)c1ccc(C(C)NC(=O)c2cnn3c(C(F)F)cc(-c4ccc(OC)cc4)nc23)cc1. The minimum Gasteiger partial charge on any atom is -0.497 e. The summed E-state index contributed by atoms with van der Waals surface area (Å²) < 4.78 is 33.9. The molecule has 2 heterocycles. The van der Waals surface area contributed by atoms with Gasteiger partial charge in [0.05, 0.1) is 25.0 Å². The normalized spacial score (nSPS) is 13.1. The van der Waals surface area contributed by atoms with Crippen LogP contribution in [0.5, 0.6) is 5.75 Å². The van der Waals surface area contributed by atoms with Crippen molar-refractivity contribution < 1.29 is 18.3 Å². The van der Waals surface area contributed by atoms with Crippen LogP contribution in [0.15, 0.2) is 60.8 Å². The van der Waals surface area contributed by atoms with Gasteiger partial charge < -0.3 is 10.1 Å². The molecular weight excluding hydrogens is 450 g/mol. The Morgan fingerprint density at radius 2 is 1.71 bits per heavy atom. The maximum absolute atomic E-state index is 13.9. The topological polar surface area (TPSA) is 68.5 Å². The largest absolute Gasteiger partial charge is 0.497 e. The van der Waals surface area contributed by atoms with Gasteiger partial charge in [-0.1, -0.05) is 38.1 Å². The predicted octanol–water partition coefficient (Wildman–Crippen LogP) is 6.35. The van der Waals surface area contributed by atoms with E-state index in [4.69, 9.17) is 4.74 Å². The van der Waals surface area contributed by atoms with E-state index in [2.05, 4.69) is 41.4 Å². The van der Waals surface area contributed by atoms with E-state index < -0.39 is 12.3 Å². The molecule has 6 nitrogen and oxygen atoms in total. The molecule has 8 heteroatoms. The number of hydrogen-bond donors (Lipinski definition) is 1. The van der Waals surface area contributed by atoms with Crippen molar-refractivity contribution in [3.05, 3.63) is 83.2 Å². The lowest BCUT2D eigenvalue weighted by Crippen LogP contribution is -2.26. The van der Waals surface area contributed by atoms with Gasteiger partial charge in [-0.3, -0.25) is 4.79 Å². The van der Waals surface area contributed by atoms with Gasteiger partial charge in [0.15, 0.2) is 5.65 Å². The fourth-order valence-electron chi connectivity index (χ4n) is 3.92. The van der Waals surface area contributed by atoms with Crippen molar-refractivity contribution in [3.63, 3.8) is 0 Å². The molecule has 4 rings (SSSR count). The van der Waals surface area contributed by atoms with Crippen LogP contribution in [0.3, 0.4) is 0 Å². The molecule has 0 spiro atoms. The lowest BCUT2D eigenvalue weighted by molar-refractivity contribution is 0.0941. The number of nitrogens with zero attached hydrogens (tertiary/aromatic N) is 3. The molecule has 0 fully saturated rings. The van der Waals surface area contributed by atoms with Crippen LogP contribution < -0.4 is 10.1 Å². The highest BCUT2D eigenvalue weighted by Crippen LogP contribution is 2.28. The fourth-order valence-corrected chi connectivity index (χ4v) is 3.92. The van der Waals surface area contributed by atoms with Gasteiger partial charge in [-0.25, -0.2) is 18.3 Å². The number of amides is 1. The van der Waals surface area contributed by atoms with E-state index in [0.717, 1.165) is 16.5 Å². The number of aromatic nitrogens is 3. The van der Waals surface area contributed by atoms with Crippen molar-refractivity contribution in [1.29, 1.82) is 0 Å². The average Bonchev–Trinajstić information content (AvgIpc) is 3.31. The Morgan fingerprint density at radius 1 is 1.06 bits per heavy atom. The van der Waals surface area contributed by atoms with Crippen molar-refractivity contribution >= 4 is 11.6 Å². The van der Waals surface area contributed by atoms with Crippen LogP contribution in [-0.2, 0) is 0 Å². The molecule has 0 radical (unpaired) electrons. The molecule has 0 bridgehead atoms. The lowest BCUT2D eigenvalue weighted by atomic mass is 9.96. The molecule has 2 unspecified atom stereocenters. The lowest BCUT2D eigenvalue weighted by Gasteiger charge is -2.16. The van der Waals surface area contributed by atoms with E-state index in [0.29, 0.717) is 22.9 Å². The molecule has 35 heavy (non-hydrogen) atoms. The summed E-state index contributed by atoms with van der Waals surface area (Å²) in [4.78, 5) is 17.6. The van der Waals surface area contributed by atoms with E-state index in [1.807, 2.05) is 19.1 Å².